The highest BCUT2D eigenvalue weighted by Crippen LogP contribution is 2.53. The molecule has 1 fully saturated rings. The maximum absolute atomic E-state index is 13.6. The molecule has 1 aromatic carbocycles. The fourth-order valence-electron chi connectivity index (χ4n) is 2.12. The summed E-state index contributed by atoms with van der Waals surface area (Å²) in [6.45, 7) is 1.77. The van der Waals surface area contributed by atoms with Crippen LogP contribution in [0.4, 0.5) is 8.78 Å². The zero-order chi connectivity index (χ0) is 11.2. The van der Waals surface area contributed by atoms with E-state index in [2.05, 4.69) is 0 Å². The van der Waals surface area contributed by atoms with Crippen LogP contribution in [-0.2, 0) is 5.41 Å². The summed E-state index contributed by atoms with van der Waals surface area (Å²) in [5.41, 5.74) is 5.44. The average Bonchev–Trinajstić information content (AvgIpc) is 2.83. The van der Waals surface area contributed by atoms with E-state index in [9.17, 15) is 13.9 Å². The van der Waals surface area contributed by atoms with Gasteiger partial charge in [-0.2, -0.15) is 0 Å². The maximum Gasteiger partial charge on any atom is 0.133 e. The number of hydrogen-bond donors (Lipinski definition) is 2. The Labute approximate surface area is 86.7 Å². The molecule has 0 bridgehead atoms. The summed E-state index contributed by atoms with van der Waals surface area (Å²) in [6.07, 6.45) is 1.47. The molecule has 1 aromatic rings. The molecule has 1 atom stereocenters. The Morgan fingerprint density at radius 2 is 2.00 bits per heavy atom. The zero-order valence-electron chi connectivity index (χ0n) is 8.43. The predicted molar refractivity (Wildman–Crippen MR) is 52.6 cm³/mol. The number of halogens is 2. The molecule has 2 nitrogen and oxygen atoms in total. The number of aromatic hydroxyl groups is 1. The van der Waals surface area contributed by atoms with Crippen LogP contribution in [0, 0.1) is 11.6 Å². The van der Waals surface area contributed by atoms with Crippen LogP contribution in [0.5, 0.6) is 5.75 Å². The quantitative estimate of drug-likeness (QED) is 0.789. The molecule has 0 saturated heterocycles. The van der Waals surface area contributed by atoms with Gasteiger partial charge in [0.05, 0.1) is 0 Å². The average molecular weight is 213 g/mol. The van der Waals surface area contributed by atoms with Crippen molar-refractivity contribution in [2.24, 2.45) is 5.73 Å². The molecule has 0 spiro atoms. The van der Waals surface area contributed by atoms with Crippen LogP contribution in [0.3, 0.4) is 0 Å². The van der Waals surface area contributed by atoms with Crippen LogP contribution < -0.4 is 5.73 Å². The van der Waals surface area contributed by atoms with E-state index in [-0.39, 0.29) is 17.4 Å². The van der Waals surface area contributed by atoms with E-state index in [1.807, 2.05) is 0 Å². The smallest absolute Gasteiger partial charge is 0.133 e. The van der Waals surface area contributed by atoms with Crippen molar-refractivity contribution in [3.05, 3.63) is 29.3 Å². The molecule has 15 heavy (non-hydrogen) atoms. The van der Waals surface area contributed by atoms with Gasteiger partial charge in [-0.3, -0.25) is 0 Å². The van der Waals surface area contributed by atoms with Gasteiger partial charge in [-0.1, -0.05) is 0 Å². The molecule has 1 aliphatic rings. The first kappa shape index (κ1) is 10.4. The SMILES string of the molecule is CC(N)C1(c2c(O)cc(F)cc2F)CC1. The topological polar surface area (TPSA) is 46.2 Å². The van der Waals surface area contributed by atoms with Gasteiger partial charge >= 0.3 is 0 Å². The second-order valence-corrected chi connectivity index (χ2v) is 4.23. The van der Waals surface area contributed by atoms with Gasteiger partial charge in [0.25, 0.3) is 0 Å². The molecule has 4 heteroatoms. The second-order valence-electron chi connectivity index (χ2n) is 4.23. The lowest BCUT2D eigenvalue weighted by Gasteiger charge is -2.21. The summed E-state index contributed by atoms with van der Waals surface area (Å²) < 4.78 is 26.3. The molecule has 2 rings (SSSR count). The number of phenolic OH excluding ortho intramolecular Hbond substituents is 1. The van der Waals surface area contributed by atoms with Crippen molar-refractivity contribution < 1.29 is 13.9 Å². The Morgan fingerprint density at radius 3 is 2.40 bits per heavy atom. The van der Waals surface area contributed by atoms with Crippen LogP contribution in [0.2, 0.25) is 0 Å². The van der Waals surface area contributed by atoms with Crippen molar-refractivity contribution in [2.75, 3.05) is 0 Å². The molecule has 82 valence electrons. The zero-order valence-corrected chi connectivity index (χ0v) is 8.43. The molecular formula is C11H13F2NO. The second kappa shape index (κ2) is 3.17. The monoisotopic (exact) mass is 213 g/mol. The van der Waals surface area contributed by atoms with Crippen molar-refractivity contribution in [1.29, 1.82) is 0 Å². The molecule has 1 unspecified atom stereocenters. The Bertz CT molecular complexity index is 377. The highest BCUT2D eigenvalue weighted by atomic mass is 19.1. The van der Waals surface area contributed by atoms with E-state index in [0.717, 1.165) is 25.0 Å². The number of hydrogen-bond acceptors (Lipinski definition) is 2. The minimum Gasteiger partial charge on any atom is -0.507 e. The largest absolute Gasteiger partial charge is 0.507 e. The molecule has 0 heterocycles. The lowest BCUT2D eigenvalue weighted by Crippen LogP contribution is -2.32. The summed E-state index contributed by atoms with van der Waals surface area (Å²) >= 11 is 0. The number of rotatable bonds is 2. The van der Waals surface area contributed by atoms with Crippen molar-refractivity contribution in [3.8, 4) is 5.75 Å². The predicted octanol–water partition coefficient (Wildman–Crippen LogP) is 2.05. The van der Waals surface area contributed by atoms with Gasteiger partial charge < -0.3 is 10.8 Å². The minimum atomic E-state index is -0.769. The Hall–Kier alpha value is -1.16. The van der Waals surface area contributed by atoms with Gasteiger partial charge in [0.15, 0.2) is 0 Å². The summed E-state index contributed by atoms with van der Waals surface area (Å²) in [6, 6.07) is 1.47. The van der Waals surface area contributed by atoms with Crippen LogP contribution in [0.25, 0.3) is 0 Å². The third-order valence-electron chi connectivity index (χ3n) is 3.19. The van der Waals surface area contributed by atoms with Crippen LogP contribution in [0.15, 0.2) is 12.1 Å². The van der Waals surface area contributed by atoms with E-state index < -0.39 is 17.0 Å². The Kier molecular flexibility index (Phi) is 2.19. The van der Waals surface area contributed by atoms with E-state index in [1.54, 1.807) is 6.92 Å². The van der Waals surface area contributed by atoms with Crippen molar-refractivity contribution in [2.45, 2.75) is 31.2 Å². The van der Waals surface area contributed by atoms with Crippen LogP contribution in [0.1, 0.15) is 25.3 Å². The number of phenols is 1. The van der Waals surface area contributed by atoms with Gasteiger partial charge in [-0.15, -0.1) is 0 Å². The lowest BCUT2D eigenvalue weighted by molar-refractivity contribution is 0.422. The summed E-state index contributed by atoms with van der Waals surface area (Å²) in [5, 5.41) is 9.56. The molecule has 0 amide bonds. The lowest BCUT2D eigenvalue weighted by atomic mass is 9.88. The number of benzene rings is 1. The third kappa shape index (κ3) is 1.49. The van der Waals surface area contributed by atoms with Crippen molar-refractivity contribution >= 4 is 0 Å². The minimum absolute atomic E-state index is 0.166. The summed E-state index contributed by atoms with van der Waals surface area (Å²) in [4.78, 5) is 0. The van der Waals surface area contributed by atoms with Crippen LogP contribution in [-0.4, -0.2) is 11.1 Å². The summed E-state index contributed by atoms with van der Waals surface area (Å²) in [5.74, 6) is -1.81. The van der Waals surface area contributed by atoms with E-state index >= 15 is 0 Å². The standard InChI is InChI=1S/C11H13F2NO/c1-6(14)11(2-3-11)10-8(13)4-7(12)5-9(10)15/h4-6,15H,2-3,14H2,1H3. The van der Waals surface area contributed by atoms with Crippen molar-refractivity contribution in [1.82, 2.24) is 0 Å². The van der Waals surface area contributed by atoms with Crippen LogP contribution >= 0.6 is 0 Å². The molecular weight excluding hydrogens is 200 g/mol. The van der Waals surface area contributed by atoms with Gasteiger partial charge in [-0.25, -0.2) is 8.78 Å². The van der Waals surface area contributed by atoms with Crippen molar-refractivity contribution in [3.63, 3.8) is 0 Å². The fourth-order valence-corrected chi connectivity index (χ4v) is 2.12. The third-order valence-corrected chi connectivity index (χ3v) is 3.19. The first-order chi connectivity index (χ1) is 6.97. The number of nitrogens with two attached hydrogens (primary N) is 1. The van der Waals surface area contributed by atoms with Gasteiger partial charge in [0.1, 0.15) is 17.4 Å². The molecule has 0 radical (unpaired) electrons. The van der Waals surface area contributed by atoms with Gasteiger partial charge in [0.2, 0.25) is 0 Å². The molecule has 3 N–H and O–H groups in total. The first-order valence-electron chi connectivity index (χ1n) is 4.91. The molecule has 0 aliphatic heterocycles. The van der Waals surface area contributed by atoms with Gasteiger partial charge in [0, 0.05) is 29.2 Å². The Balaban J connectivity index is 2.54. The maximum atomic E-state index is 13.6. The fraction of sp³-hybridized carbons (Fsp3) is 0.455. The molecule has 1 saturated carbocycles. The highest BCUT2D eigenvalue weighted by molar-refractivity contribution is 5.45. The van der Waals surface area contributed by atoms with E-state index in [0.29, 0.717) is 0 Å². The van der Waals surface area contributed by atoms with Gasteiger partial charge in [-0.05, 0) is 19.8 Å². The molecule has 1 aliphatic carbocycles. The first-order valence-corrected chi connectivity index (χ1v) is 4.91. The van der Waals surface area contributed by atoms with E-state index in [1.165, 1.54) is 0 Å². The Morgan fingerprint density at radius 1 is 1.40 bits per heavy atom. The molecule has 0 aromatic heterocycles. The van der Waals surface area contributed by atoms with E-state index in [4.69, 9.17) is 5.73 Å². The summed E-state index contributed by atoms with van der Waals surface area (Å²) in [7, 11) is 0. The normalized spacial score (nSPS) is 20.0. The highest BCUT2D eigenvalue weighted by Gasteiger charge is 2.50.